The minimum absolute atomic E-state index is 0.209. The molecule has 0 aromatic heterocycles. The molecule has 0 amide bonds. The smallest absolute Gasteiger partial charge is 0.118 e. The number of ether oxygens (including phenoxy) is 1. The molecule has 0 fully saturated rings. The molecule has 0 spiro atoms. The van der Waals surface area contributed by atoms with Gasteiger partial charge in [-0.3, -0.25) is 0 Å². The zero-order valence-corrected chi connectivity index (χ0v) is 14.2. The van der Waals surface area contributed by atoms with Crippen LogP contribution in [0.25, 0.3) is 0 Å². The number of hydrogen-bond donors (Lipinski definition) is 1. The van der Waals surface area contributed by atoms with Gasteiger partial charge in [-0.15, -0.1) is 0 Å². The van der Waals surface area contributed by atoms with Gasteiger partial charge in [0.25, 0.3) is 0 Å². The van der Waals surface area contributed by atoms with Crippen molar-refractivity contribution in [3.63, 3.8) is 0 Å². The van der Waals surface area contributed by atoms with E-state index in [1.807, 2.05) is 12.1 Å². The van der Waals surface area contributed by atoms with Crippen molar-refractivity contribution in [3.05, 3.63) is 95.6 Å². The predicted octanol–water partition coefficient (Wildman–Crippen LogP) is 5.40. The molecule has 24 heavy (non-hydrogen) atoms. The van der Waals surface area contributed by atoms with Crippen LogP contribution in [0, 0.1) is 6.92 Å². The van der Waals surface area contributed by atoms with Gasteiger partial charge < -0.3 is 10.1 Å². The predicted molar refractivity (Wildman–Crippen MR) is 101 cm³/mol. The average molecular weight is 317 g/mol. The van der Waals surface area contributed by atoms with E-state index < -0.39 is 0 Å². The van der Waals surface area contributed by atoms with Gasteiger partial charge in [0.05, 0.1) is 13.2 Å². The van der Waals surface area contributed by atoms with E-state index in [9.17, 15) is 0 Å². The Morgan fingerprint density at radius 2 is 1.50 bits per heavy atom. The molecule has 1 atom stereocenters. The molecule has 1 unspecified atom stereocenters. The molecule has 3 rings (SSSR count). The maximum absolute atomic E-state index is 5.28. The highest BCUT2D eigenvalue weighted by atomic mass is 16.5. The SMILES string of the molecule is COc1ccc(C(Cc2ccccc2)Nc2ccc(C)cc2)cc1. The lowest BCUT2D eigenvalue weighted by atomic mass is 9.98. The largest absolute Gasteiger partial charge is 0.497 e. The Balaban J connectivity index is 1.85. The molecule has 0 saturated carbocycles. The summed E-state index contributed by atoms with van der Waals surface area (Å²) >= 11 is 0. The minimum Gasteiger partial charge on any atom is -0.497 e. The van der Waals surface area contributed by atoms with Crippen LogP contribution in [0.1, 0.15) is 22.7 Å². The normalized spacial score (nSPS) is 11.8. The number of aryl methyl sites for hydroxylation is 1. The van der Waals surface area contributed by atoms with Crippen LogP contribution in [-0.4, -0.2) is 7.11 Å². The van der Waals surface area contributed by atoms with Crippen molar-refractivity contribution < 1.29 is 4.74 Å². The van der Waals surface area contributed by atoms with Gasteiger partial charge in [0.1, 0.15) is 5.75 Å². The van der Waals surface area contributed by atoms with Crippen molar-refractivity contribution in [2.24, 2.45) is 0 Å². The fourth-order valence-corrected chi connectivity index (χ4v) is 2.79. The monoisotopic (exact) mass is 317 g/mol. The zero-order valence-electron chi connectivity index (χ0n) is 14.2. The van der Waals surface area contributed by atoms with Crippen LogP contribution in [0.15, 0.2) is 78.9 Å². The van der Waals surface area contributed by atoms with Crippen molar-refractivity contribution in [3.8, 4) is 5.75 Å². The standard InChI is InChI=1S/C22H23NO/c1-17-8-12-20(13-9-17)23-22(16-18-6-4-3-5-7-18)19-10-14-21(24-2)15-11-19/h3-15,22-23H,16H2,1-2H3. The topological polar surface area (TPSA) is 21.3 Å². The van der Waals surface area contributed by atoms with Gasteiger partial charge in [-0.2, -0.15) is 0 Å². The molecule has 3 aromatic carbocycles. The summed E-state index contributed by atoms with van der Waals surface area (Å²) in [5, 5.41) is 3.67. The first-order valence-electron chi connectivity index (χ1n) is 8.25. The molecule has 2 nitrogen and oxygen atoms in total. The number of methoxy groups -OCH3 is 1. The summed E-state index contributed by atoms with van der Waals surface area (Å²) in [6, 6.07) is 27.6. The van der Waals surface area contributed by atoms with Crippen molar-refractivity contribution in [2.75, 3.05) is 12.4 Å². The van der Waals surface area contributed by atoms with E-state index in [-0.39, 0.29) is 6.04 Å². The van der Waals surface area contributed by atoms with Crippen molar-refractivity contribution in [1.29, 1.82) is 0 Å². The van der Waals surface area contributed by atoms with Gasteiger partial charge in [0, 0.05) is 5.69 Å². The highest BCUT2D eigenvalue weighted by Crippen LogP contribution is 2.25. The van der Waals surface area contributed by atoms with Gasteiger partial charge in [0.2, 0.25) is 0 Å². The first-order chi connectivity index (χ1) is 11.7. The Bertz CT molecular complexity index is 748. The van der Waals surface area contributed by atoms with Gasteiger partial charge in [-0.25, -0.2) is 0 Å². The number of nitrogens with one attached hydrogen (secondary N) is 1. The summed E-state index contributed by atoms with van der Waals surface area (Å²) < 4.78 is 5.28. The first kappa shape index (κ1) is 16.1. The molecule has 3 aromatic rings. The quantitative estimate of drug-likeness (QED) is 0.657. The van der Waals surface area contributed by atoms with E-state index in [1.54, 1.807) is 7.11 Å². The molecule has 0 aliphatic rings. The molecule has 0 heterocycles. The maximum Gasteiger partial charge on any atom is 0.118 e. The van der Waals surface area contributed by atoms with Gasteiger partial charge in [-0.1, -0.05) is 60.2 Å². The van der Waals surface area contributed by atoms with Crippen LogP contribution >= 0.6 is 0 Å². The highest BCUT2D eigenvalue weighted by Gasteiger charge is 2.12. The fourth-order valence-electron chi connectivity index (χ4n) is 2.79. The van der Waals surface area contributed by atoms with Crippen LogP contribution in [0.3, 0.4) is 0 Å². The lowest BCUT2D eigenvalue weighted by Gasteiger charge is -2.21. The van der Waals surface area contributed by atoms with E-state index in [0.29, 0.717) is 0 Å². The Kier molecular flexibility index (Phi) is 5.17. The lowest BCUT2D eigenvalue weighted by molar-refractivity contribution is 0.414. The summed E-state index contributed by atoms with van der Waals surface area (Å²) in [4.78, 5) is 0. The second-order valence-electron chi connectivity index (χ2n) is 6.03. The number of anilines is 1. The molecule has 2 heteroatoms. The van der Waals surface area contributed by atoms with Gasteiger partial charge >= 0.3 is 0 Å². The first-order valence-corrected chi connectivity index (χ1v) is 8.25. The maximum atomic E-state index is 5.28. The molecule has 0 radical (unpaired) electrons. The lowest BCUT2D eigenvalue weighted by Crippen LogP contribution is -2.13. The number of rotatable bonds is 6. The van der Waals surface area contributed by atoms with Crippen LogP contribution in [-0.2, 0) is 6.42 Å². The number of hydrogen-bond acceptors (Lipinski definition) is 2. The molecule has 122 valence electrons. The van der Waals surface area contributed by atoms with Crippen molar-refractivity contribution >= 4 is 5.69 Å². The van der Waals surface area contributed by atoms with Crippen molar-refractivity contribution in [2.45, 2.75) is 19.4 Å². The Labute approximate surface area is 144 Å². The Morgan fingerprint density at radius 3 is 2.12 bits per heavy atom. The fraction of sp³-hybridized carbons (Fsp3) is 0.182. The van der Waals surface area contributed by atoms with Gasteiger partial charge in [-0.05, 0) is 48.7 Å². The average Bonchev–Trinajstić information content (AvgIpc) is 2.64. The summed E-state index contributed by atoms with van der Waals surface area (Å²) in [5.74, 6) is 0.882. The van der Waals surface area contributed by atoms with E-state index in [1.165, 1.54) is 16.7 Å². The third-order valence-corrected chi connectivity index (χ3v) is 4.19. The summed E-state index contributed by atoms with van der Waals surface area (Å²) in [6.07, 6.45) is 0.932. The van der Waals surface area contributed by atoms with E-state index in [4.69, 9.17) is 4.74 Å². The van der Waals surface area contributed by atoms with Crippen LogP contribution in [0.4, 0.5) is 5.69 Å². The molecular formula is C22H23NO. The molecule has 0 bridgehead atoms. The Hall–Kier alpha value is -2.74. The molecule has 0 saturated heterocycles. The van der Waals surface area contributed by atoms with E-state index in [2.05, 4.69) is 79.0 Å². The number of benzene rings is 3. The second kappa shape index (κ2) is 7.69. The van der Waals surface area contributed by atoms with Gasteiger partial charge in [0.15, 0.2) is 0 Å². The summed E-state index contributed by atoms with van der Waals surface area (Å²) in [6.45, 7) is 2.11. The molecular weight excluding hydrogens is 294 g/mol. The van der Waals surface area contributed by atoms with Crippen LogP contribution in [0.5, 0.6) is 5.75 Å². The summed E-state index contributed by atoms with van der Waals surface area (Å²) in [5.41, 5.74) is 4.97. The molecule has 1 N–H and O–H groups in total. The third kappa shape index (κ3) is 4.17. The van der Waals surface area contributed by atoms with E-state index >= 15 is 0 Å². The van der Waals surface area contributed by atoms with E-state index in [0.717, 1.165) is 17.9 Å². The molecule has 0 aliphatic carbocycles. The highest BCUT2D eigenvalue weighted by molar-refractivity contribution is 5.47. The summed E-state index contributed by atoms with van der Waals surface area (Å²) in [7, 11) is 1.70. The zero-order chi connectivity index (χ0) is 16.8. The Morgan fingerprint density at radius 1 is 0.833 bits per heavy atom. The second-order valence-corrected chi connectivity index (χ2v) is 6.03. The third-order valence-electron chi connectivity index (χ3n) is 4.19. The van der Waals surface area contributed by atoms with Crippen LogP contribution in [0.2, 0.25) is 0 Å². The molecule has 0 aliphatic heterocycles. The minimum atomic E-state index is 0.209. The van der Waals surface area contributed by atoms with Crippen molar-refractivity contribution in [1.82, 2.24) is 0 Å². The van der Waals surface area contributed by atoms with Crippen LogP contribution < -0.4 is 10.1 Å².